The van der Waals surface area contributed by atoms with Gasteiger partial charge in [0.15, 0.2) is 4.96 Å². The van der Waals surface area contributed by atoms with E-state index in [0.717, 1.165) is 22.3 Å². The van der Waals surface area contributed by atoms with Gasteiger partial charge in [0.2, 0.25) is 0 Å². The lowest BCUT2D eigenvalue weighted by Gasteiger charge is -2.09. The number of alkyl halides is 3. The molecule has 0 atom stereocenters. The van der Waals surface area contributed by atoms with Crippen molar-refractivity contribution in [2.45, 2.75) is 13.1 Å². The number of hydrogen-bond donors (Lipinski definition) is 0. The van der Waals surface area contributed by atoms with Crippen LogP contribution in [0.15, 0.2) is 53.3 Å². The van der Waals surface area contributed by atoms with Crippen LogP contribution in [0.25, 0.3) is 26.3 Å². The minimum absolute atomic E-state index is 0.278. The molecular formula is C18H11F3N2OS. The summed E-state index contributed by atoms with van der Waals surface area (Å²) >= 11 is 1.40. The number of nitrogens with zero attached hydrogens (tertiary/aromatic N) is 2. The number of benzene rings is 2. The molecule has 0 fully saturated rings. The van der Waals surface area contributed by atoms with Crippen LogP contribution < -0.4 is 5.56 Å². The molecular weight excluding hydrogens is 349 g/mol. The van der Waals surface area contributed by atoms with E-state index in [1.54, 1.807) is 6.92 Å². The van der Waals surface area contributed by atoms with Gasteiger partial charge in [-0.2, -0.15) is 13.2 Å². The lowest BCUT2D eigenvalue weighted by Crippen LogP contribution is -2.17. The highest BCUT2D eigenvalue weighted by Gasteiger charge is 2.30. The molecule has 2 heterocycles. The molecule has 0 radical (unpaired) electrons. The number of hydrogen-bond acceptors (Lipinski definition) is 3. The third-order valence-electron chi connectivity index (χ3n) is 4.04. The number of fused-ring (bicyclic) bond motifs is 3. The van der Waals surface area contributed by atoms with Crippen LogP contribution in [0.1, 0.15) is 11.3 Å². The molecule has 2 aromatic heterocycles. The van der Waals surface area contributed by atoms with Crippen LogP contribution in [0.5, 0.6) is 0 Å². The van der Waals surface area contributed by atoms with Gasteiger partial charge >= 0.3 is 6.18 Å². The fourth-order valence-corrected chi connectivity index (χ4v) is 3.93. The van der Waals surface area contributed by atoms with Crippen molar-refractivity contribution in [2.75, 3.05) is 0 Å². The van der Waals surface area contributed by atoms with Gasteiger partial charge in [-0.1, -0.05) is 35.6 Å². The molecule has 25 heavy (non-hydrogen) atoms. The topological polar surface area (TPSA) is 34.4 Å². The molecule has 0 N–H and O–H groups in total. The molecule has 4 rings (SSSR count). The third kappa shape index (κ3) is 2.51. The molecule has 0 aliphatic carbocycles. The molecule has 0 saturated carbocycles. The van der Waals surface area contributed by atoms with Crippen LogP contribution in [0.4, 0.5) is 13.2 Å². The maximum atomic E-state index is 13.0. The SMILES string of the molecule is Cc1nc2sc3ccccc3n2c(=O)c1-c1ccc(C(F)(F)F)cc1. The third-order valence-corrected chi connectivity index (χ3v) is 5.06. The van der Waals surface area contributed by atoms with Crippen molar-refractivity contribution in [1.82, 2.24) is 9.38 Å². The molecule has 0 aliphatic heterocycles. The van der Waals surface area contributed by atoms with Crippen molar-refractivity contribution in [2.24, 2.45) is 0 Å². The molecule has 2 aromatic carbocycles. The highest BCUT2D eigenvalue weighted by Crippen LogP contribution is 2.31. The van der Waals surface area contributed by atoms with Crippen LogP contribution >= 0.6 is 11.3 Å². The van der Waals surface area contributed by atoms with Gasteiger partial charge in [0.1, 0.15) is 0 Å². The zero-order valence-electron chi connectivity index (χ0n) is 13.0. The summed E-state index contributed by atoms with van der Waals surface area (Å²) in [6.45, 7) is 1.69. The lowest BCUT2D eigenvalue weighted by atomic mass is 10.0. The van der Waals surface area contributed by atoms with E-state index in [4.69, 9.17) is 0 Å². The smallest absolute Gasteiger partial charge is 0.268 e. The number of aromatic nitrogens is 2. The zero-order valence-corrected chi connectivity index (χ0v) is 13.8. The Balaban J connectivity index is 1.99. The first-order valence-corrected chi connectivity index (χ1v) is 8.26. The highest BCUT2D eigenvalue weighted by atomic mass is 32.1. The van der Waals surface area contributed by atoms with Gasteiger partial charge in [0.05, 0.1) is 27.0 Å². The average Bonchev–Trinajstić information content (AvgIpc) is 2.92. The van der Waals surface area contributed by atoms with Gasteiger partial charge in [-0.3, -0.25) is 9.20 Å². The Morgan fingerprint density at radius 1 is 1.04 bits per heavy atom. The largest absolute Gasteiger partial charge is 0.416 e. The summed E-state index contributed by atoms with van der Waals surface area (Å²) in [5, 5.41) is 0. The normalized spacial score (nSPS) is 12.2. The van der Waals surface area contributed by atoms with E-state index in [1.165, 1.54) is 27.9 Å². The second-order valence-corrected chi connectivity index (χ2v) is 6.65. The van der Waals surface area contributed by atoms with E-state index >= 15 is 0 Å². The van der Waals surface area contributed by atoms with Crippen molar-refractivity contribution < 1.29 is 13.2 Å². The fourth-order valence-electron chi connectivity index (χ4n) is 2.87. The number of thiazole rings is 1. The van der Waals surface area contributed by atoms with Crippen LogP contribution in [-0.4, -0.2) is 9.38 Å². The Labute approximate surface area is 144 Å². The summed E-state index contributed by atoms with van der Waals surface area (Å²) in [4.78, 5) is 18.1. The molecule has 4 aromatic rings. The zero-order chi connectivity index (χ0) is 17.8. The van der Waals surface area contributed by atoms with Crippen molar-refractivity contribution in [3.05, 3.63) is 70.1 Å². The minimum atomic E-state index is -4.41. The Morgan fingerprint density at radius 2 is 1.72 bits per heavy atom. The van der Waals surface area contributed by atoms with Crippen LogP contribution in [0.2, 0.25) is 0 Å². The van der Waals surface area contributed by atoms with Gasteiger partial charge in [0.25, 0.3) is 5.56 Å². The molecule has 0 aliphatic rings. The fraction of sp³-hybridized carbons (Fsp3) is 0.111. The first-order chi connectivity index (χ1) is 11.9. The molecule has 0 unspecified atom stereocenters. The van der Waals surface area contributed by atoms with Crippen molar-refractivity contribution in [1.29, 1.82) is 0 Å². The maximum Gasteiger partial charge on any atom is 0.416 e. The van der Waals surface area contributed by atoms with Crippen LogP contribution in [0.3, 0.4) is 0 Å². The first-order valence-electron chi connectivity index (χ1n) is 7.45. The molecule has 0 saturated heterocycles. The predicted octanol–water partition coefficient (Wildman–Crippen LogP) is 4.90. The van der Waals surface area contributed by atoms with Gasteiger partial charge in [-0.15, -0.1) is 0 Å². The first kappa shape index (κ1) is 15.8. The Bertz CT molecular complexity index is 1160. The number of aryl methyl sites for hydroxylation is 1. The van der Waals surface area contributed by atoms with Gasteiger partial charge in [0, 0.05) is 0 Å². The predicted molar refractivity (Wildman–Crippen MR) is 92.0 cm³/mol. The van der Waals surface area contributed by atoms with E-state index in [-0.39, 0.29) is 5.56 Å². The van der Waals surface area contributed by atoms with Gasteiger partial charge in [-0.05, 0) is 36.8 Å². The standard InChI is InChI=1S/C18H11F3N2OS/c1-10-15(11-6-8-12(9-7-11)18(19,20)21)16(24)23-13-4-2-3-5-14(13)25-17(23)22-10/h2-9H,1H3. The summed E-state index contributed by atoms with van der Waals surface area (Å²) in [5.74, 6) is 0. The Kier molecular flexibility index (Phi) is 3.43. The van der Waals surface area contributed by atoms with Crippen LogP contribution in [0, 0.1) is 6.92 Å². The Morgan fingerprint density at radius 3 is 2.40 bits per heavy atom. The second kappa shape index (κ2) is 5.42. The van der Waals surface area contributed by atoms with E-state index in [9.17, 15) is 18.0 Å². The van der Waals surface area contributed by atoms with Crippen molar-refractivity contribution in [3.8, 4) is 11.1 Å². The molecule has 7 heteroatoms. The average molecular weight is 360 g/mol. The number of para-hydroxylation sites is 1. The monoisotopic (exact) mass is 360 g/mol. The highest BCUT2D eigenvalue weighted by molar-refractivity contribution is 7.23. The van der Waals surface area contributed by atoms with E-state index in [1.807, 2.05) is 24.3 Å². The summed E-state index contributed by atoms with van der Waals surface area (Å²) in [6, 6.07) is 12.0. The lowest BCUT2D eigenvalue weighted by molar-refractivity contribution is -0.137. The van der Waals surface area contributed by atoms with Gasteiger partial charge in [-0.25, -0.2) is 4.98 Å². The molecule has 126 valence electrons. The maximum absolute atomic E-state index is 13.0. The molecule has 0 bridgehead atoms. The van der Waals surface area contributed by atoms with Crippen LogP contribution in [-0.2, 0) is 6.18 Å². The Hall–Kier alpha value is -2.67. The van der Waals surface area contributed by atoms with E-state index in [0.29, 0.717) is 21.8 Å². The molecule has 0 amide bonds. The summed E-state index contributed by atoms with van der Waals surface area (Å²) in [6.07, 6.45) is -4.41. The molecule has 3 nitrogen and oxygen atoms in total. The summed E-state index contributed by atoms with van der Waals surface area (Å²) in [5.41, 5.74) is 0.954. The number of rotatable bonds is 1. The summed E-state index contributed by atoms with van der Waals surface area (Å²) in [7, 11) is 0. The van der Waals surface area contributed by atoms with Crippen molar-refractivity contribution in [3.63, 3.8) is 0 Å². The second-order valence-electron chi connectivity index (χ2n) is 5.64. The summed E-state index contributed by atoms with van der Waals surface area (Å²) < 4.78 is 40.7. The van der Waals surface area contributed by atoms with E-state index in [2.05, 4.69) is 4.98 Å². The quantitative estimate of drug-likeness (QED) is 0.484. The van der Waals surface area contributed by atoms with Gasteiger partial charge < -0.3 is 0 Å². The minimum Gasteiger partial charge on any atom is -0.268 e. The number of halogens is 3. The van der Waals surface area contributed by atoms with E-state index < -0.39 is 11.7 Å². The van der Waals surface area contributed by atoms with Crippen molar-refractivity contribution >= 4 is 26.5 Å². The molecule has 0 spiro atoms.